The van der Waals surface area contributed by atoms with Crippen LogP contribution in [-0.4, -0.2) is 23.7 Å². The van der Waals surface area contributed by atoms with Gasteiger partial charge in [-0.05, 0) is 45.6 Å². The fourth-order valence-electron chi connectivity index (χ4n) is 2.09. The molecule has 2 aromatic rings. The Morgan fingerprint density at radius 1 is 1.37 bits per heavy atom. The molecule has 1 amide bonds. The summed E-state index contributed by atoms with van der Waals surface area (Å²) in [6.07, 6.45) is 1.24. The first-order chi connectivity index (χ1) is 12.8. The van der Waals surface area contributed by atoms with E-state index in [1.165, 1.54) is 24.4 Å². The zero-order valence-electron chi connectivity index (χ0n) is 14.6. The van der Waals surface area contributed by atoms with Crippen LogP contribution in [0.5, 0.6) is 5.75 Å². The van der Waals surface area contributed by atoms with Gasteiger partial charge < -0.3 is 4.74 Å². The number of benzene rings is 2. The Hall–Kier alpha value is -2.45. The van der Waals surface area contributed by atoms with Gasteiger partial charge in [0.2, 0.25) is 0 Å². The van der Waals surface area contributed by atoms with Crippen molar-refractivity contribution in [3.63, 3.8) is 0 Å². The first kappa shape index (κ1) is 20.9. The predicted octanol–water partition coefficient (Wildman–Crippen LogP) is 4.66. The van der Waals surface area contributed by atoms with E-state index in [2.05, 4.69) is 40.3 Å². The van der Waals surface area contributed by atoms with E-state index in [-0.39, 0.29) is 17.3 Å². The number of hydrazone groups is 1. The van der Waals surface area contributed by atoms with Crippen LogP contribution in [0.4, 0.5) is 5.69 Å². The van der Waals surface area contributed by atoms with Crippen molar-refractivity contribution in [2.24, 2.45) is 5.10 Å². The van der Waals surface area contributed by atoms with Crippen molar-refractivity contribution < 1.29 is 14.5 Å². The lowest BCUT2D eigenvalue weighted by molar-refractivity contribution is -0.384. The summed E-state index contributed by atoms with van der Waals surface area (Å²) in [6, 6.07) is 9.62. The summed E-state index contributed by atoms with van der Waals surface area (Å²) in [5.74, 6) is 0.446. The third kappa shape index (κ3) is 6.04. The Labute approximate surface area is 169 Å². The van der Waals surface area contributed by atoms with Gasteiger partial charge in [-0.2, -0.15) is 5.10 Å². The van der Waals surface area contributed by atoms with Crippen molar-refractivity contribution in [2.45, 2.75) is 19.8 Å². The fourth-order valence-corrected chi connectivity index (χ4v) is 2.76. The second kappa shape index (κ2) is 9.48. The van der Waals surface area contributed by atoms with Crippen LogP contribution in [0.3, 0.4) is 0 Å². The normalized spacial score (nSPS) is 11.0. The predicted molar refractivity (Wildman–Crippen MR) is 108 cm³/mol. The number of amides is 1. The van der Waals surface area contributed by atoms with Gasteiger partial charge >= 0.3 is 0 Å². The number of halogens is 2. The summed E-state index contributed by atoms with van der Waals surface area (Å²) in [6.45, 7) is 3.93. The lowest BCUT2D eigenvalue weighted by Crippen LogP contribution is -2.24. The maximum absolute atomic E-state index is 11.8. The van der Waals surface area contributed by atoms with Gasteiger partial charge in [-0.15, -0.1) is 0 Å². The first-order valence-corrected chi connectivity index (χ1v) is 9.13. The van der Waals surface area contributed by atoms with Crippen molar-refractivity contribution >= 4 is 45.3 Å². The quantitative estimate of drug-likeness (QED) is 0.374. The smallest absolute Gasteiger partial charge is 0.277 e. The second-order valence-electron chi connectivity index (χ2n) is 5.89. The number of nitro benzene ring substituents is 1. The van der Waals surface area contributed by atoms with Gasteiger partial charge in [-0.1, -0.05) is 31.5 Å². The van der Waals surface area contributed by atoms with Gasteiger partial charge in [0.05, 0.1) is 15.6 Å². The van der Waals surface area contributed by atoms with Crippen molar-refractivity contribution in [3.05, 3.63) is 67.1 Å². The largest absolute Gasteiger partial charge is 0.483 e. The highest BCUT2D eigenvalue weighted by Gasteiger charge is 2.09. The van der Waals surface area contributed by atoms with E-state index < -0.39 is 10.8 Å². The lowest BCUT2D eigenvalue weighted by atomic mass is 10.0. The molecule has 1 N–H and O–H groups in total. The summed E-state index contributed by atoms with van der Waals surface area (Å²) in [5.41, 5.74) is 3.64. The van der Waals surface area contributed by atoms with Crippen molar-refractivity contribution in [3.8, 4) is 5.75 Å². The molecule has 0 saturated carbocycles. The van der Waals surface area contributed by atoms with Crippen LogP contribution in [0, 0.1) is 10.1 Å². The number of nitrogens with one attached hydrogen (secondary N) is 1. The van der Waals surface area contributed by atoms with Crippen LogP contribution >= 0.6 is 27.5 Å². The maximum atomic E-state index is 11.8. The number of carbonyl (C=O) groups excluding carboxylic acids is 1. The SMILES string of the molecule is CC(C)c1ccc(OCC(=O)N/N=C/c2cc([N+](=O)[O-])ccc2Cl)c(Br)c1. The van der Waals surface area contributed by atoms with E-state index in [0.29, 0.717) is 17.2 Å². The molecule has 2 aromatic carbocycles. The number of ether oxygens (including phenoxy) is 1. The summed E-state index contributed by atoms with van der Waals surface area (Å²) in [4.78, 5) is 22.1. The highest BCUT2D eigenvalue weighted by Crippen LogP contribution is 2.28. The zero-order valence-corrected chi connectivity index (χ0v) is 17.0. The molecule has 0 aliphatic heterocycles. The van der Waals surface area contributed by atoms with Gasteiger partial charge in [-0.25, -0.2) is 5.43 Å². The number of nitrogens with zero attached hydrogens (tertiary/aromatic N) is 2. The Balaban J connectivity index is 1.92. The van der Waals surface area contributed by atoms with Crippen LogP contribution in [0.15, 0.2) is 46.0 Å². The Morgan fingerprint density at radius 3 is 2.74 bits per heavy atom. The summed E-state index contributed by atoms with van der Waals surface area (Å²) in [5, 5.41) is 14.8. The molecule has 0 bridgehead atoms. The molecule has 7 nitrogen and oxygen atoms in total. The van der Waals surface area contributed by atoms with Crippen LogP contribution < -0.4 is 10.2 Å². The maximum Gasteiger partial charge on any atom is 0.277 e. The standard InChI is InChI=1S/C18H17BrClN3O4/c1-11(2)12-3-6-17(15(19)8-12)27-10-18(24)22-21-9-13-7-14(23(25)26)4-5-16(13)20/h3-9,11H,10H2,1-2H3,(H,22,24)/b21-9+. The molecule has 0 fully saturated rings. The molecule has 0 unspecified atom stereocenters. The number of rotatable bonds is 7. The van der Waals surface area contributed by atoms with E-state index in [0.717, 1.165) is 10.0 Å². The van der Waals surface area contributed by atoms with E-state index in [4.69, 9.17) is 16.3 Å². The van der Waals surface area contributed by atoms with Crippen molar-refractivity contribution in [1.29, 1.82) is 0 Å². The number of carbonyl (C=O) groups is 1. The summed E-state index contributed by atoms with van der Waals surface area (Å²) in [7, 11) is 0. The highest BCUT2D eigenvalue weighted by molar-refractivity contribution is 9.10. The van der Waals surface area contributed by atoms with E-state index in [1.54, 1.807) is 6.07 Å². The minimum Gasteiger partial charge on any atom is -0.483 e. The Bertz CT molecular complexity index is 887. The lowest BCUT2D eigenvalue weighted by Gasteiger charge is -2.10. The molecule has 0 heterocycles. The second-order valence-corrected chi connectivity index (χ2v) is 7.15. The molecule has 0 atom stereocenters. The van der Waals surface area contributed by atoms with Gasteiger partial charge in [0, 0.05) is 22.7 Å². The average molecular weight is 455 g/mol. The molecule has 0 aliphatic carbocycles. The Kier molecular flexibility index (Phi) is 7.32. The third-order valence-corrected chi connectivity index (χ3v) is 4.53. The van der Waals surface area contributed by atoms with Gasteiger partial charge in [0.25, 0.3) is 11.6 Å². The summed E-state index contributed by atoms with van der Waals surface area (Å²) >= 11 is 9.37. The van der Waals surface area contributed by atoms with Crippen LogP contribution in [0.2, 0.25) is 5.02 Å². The minimum atomic E-state index is -0.539. The first-order valence-electron chi connectivity index (χ1n) is 7.96. The molecule has 0 spiro atoms. The van der Waals surface area contributed by atoms with E-state index >= 15 is 0 Å². The number of hydrogen-bond acceptors (Lipinski definition) is 5. The van der Waals surface area contributed by atoms with E-state index in [9.17, 15) is 14.9 Å². The zero-order chi connectivity index (χ0) is 20.0. The average Bonchev–Trinajstić information content (AvgIpc) is 2.61. The molecule has 142 valence electrons. The molecule has 27 heavy (non-hydrogen) atoms. The highest BCUT2D eigenvalue weighted by atomic mass is 79.9. The molecule has 9 heteroatoms. The van der Waals surface area contributed by atoms with Crippen LogP contribution in [0.25, 0.3) is 0 Å². The molecule has 0 radical (unpaired) electrons. The molecular weight excluding hydrogens is 438 g/mol. The molecule has 0 saturated heterocycles. The number of hydrogen-bond donors (Lipinski definition) is 1. The monoisotopic (exact) mass is 453 g/mol. The Morgan fingerprint density at radius 2 is 2.11 bits per heavy atom. The van der Waals surface area contributed by atoms with Gasteiger partial charge in [0.1, 0.15) is 5.75 Å². The minimum absolute atomic E-state index is 0.120. The molecule has 0 aromatic heterocycles. The number of nitro groups is 1. The molecule has 0 aliphatic rings. The fraction of sp³-hybridized carbons (Fsp3) is 0.222. The van der Waals surface area contributed by atoms with Crippen LogP contribution in [-0.2, 0) is 4.79 Å². The van der Waals surface area contributed by atoms with Gasteiger partial charge in [-0.3, -0.25) is 14.9 Å². The number of non-ortho nitro benzene ring substituents is 1. The van der Waals surface area contributed by atoms with Gasteiger partial charge in [0.15, 0.2) is 6.61 Å². The van der Waals surface area contributed by atoms with E-state index in [1.807, 2.05) is 12.1 Å². The van der Waals surface area contributed by atoms with Crippen LogP contribution in [0.1, 0.15) is 30.9 Å². The molecule has 2 rings (SSSR count). The van der Waals surface area contributed by atoms with Crippen molar-refractivity contribution in [1.82, 2.24) is 5.43 Å². The topological polar surface area (TPSA) is 93.8 Å². The molecular formula is C18H17BrClN3O4. The van der Waals surface area contributed by atoms with Crippen molar-refractivity contribution in [2.75, 3.05) is 6.61 Å². The summed E-state index contributed by atoms with van der Waals surface area (Å²) < 4.78 is 6.22. The third-order valence-electron chi connectivity index (χ3n) is 3.56.